The number of nitrogens with zero attached hydrogens (tertiary/aromatic N) is 1. The molecule has 1 saturated heterocycles. The molecule has 28 heavy (non-hydrogen) atoms. The first-order valence-electron chi connectivity index (χ1n) is 9.24. The molecule has 0 aromatic heterocycles. The van der Waals surface area contributed by atoms with Gasteiger partial charge in [0.2, 0.25) is 11.8 Å². The third kappa shape index (κ3) is 8.22. The number of hydrogen-bond donors (Lipinski definition) is 4. The molecule has 1 aliphatic rings. The van der Waals surface area contributed by atoms with E-state index < -0.39 is 6.04 Å². The van der Waals surface area contributed by atoms with Crippen molar-refractivity contribution in [3.05, 3.63) is 24.3 Å². The number of halogens is 2. The summed E-state index contributed by atoms with van der Waals surface area (Å²) in [5, 5.41) is 8.98. The molecule has 9 heteroatoms. The first-order valence-corrected chi connectivity index (χ1v) is 9.24. The lowest BCUT2D eigenvalue weighted by Gasteiger charge is -2.30. The number of likely N-dealkylation sites (tertiary alicyclic amines) is 1. The average molecular weight is 434 g/mol. The summed E-state index contributed by atoms with van der Waals surface area (Å²) in [6, 6.07) is 7.42. The maximum atomic E-state index is 12.2. The van der Waals surface area contributed by atoms with Crippen LogP contribution in [-0.4, -0.2) is 55.5 Å². The van der Waals surface area contributed by atoms with Crippen LogP contribution < -0.4 is 21.7 Å². The van der Waals surface area contributed by atoms with E-state index in [9.17, 15) is 9.59 Å². The second kappa shape index (κ2) is 12.8. The first kappa shape index (κ1) is 26.5. The summed E-state index contributed by atoms with van der Waals surface area (Å²) >= 11 is 0. The number of amides is 2. The molecule has 1 aliphatic heterocycles. The molecule has 0 unspecified atom stereocenters. The fraction of sp³-hybridized carbons (Fsp3) is 0.579. The summed E-state index contributed by atoms with van der Waals surface area (Å²) in [6.45, 7) is 5.77. The number of anilines is 2. The van der Waals surface area contributed by atoms with Crippen LogP contribution in [-0.2, 0) is 9.59 Å². The summed E-state index contributed by atoms with van der Waals surface area (Å²) < 4.78 is 0. The van der Waals surface area contributed by atoms with Crippen molar-refractivity contribution >= 4 is 48.0 Å². The first-order chi connectivity index (χ1) is 12.4. The summed E-state index contributed by atoms with van der Waals surface area (Å²) in [5.74, 6) is -0.558. The van der Waals surface area contributed by atoms with Crippen LogP contribution in [0.25, 0.3) is 0 Å². The van der Waals surface area contributed by atoms with Crippen molar-refractivity contribution in [3.63, 3.8) is 0 Å². The number of nitrogens with two attached hydrogens (primary N) is 1. The lowest BCUT2D eigenvalue weighted by atomic mass is 10.0. The zero-order valence-electron chi connectivity index (χ0n) is 16.7. The van der Waals surface area contributed by atoms with Crippen molar-refractivity contribution in [2.45, 2.75) is 38.8 Å². The van der Waals surface area contributed by atoms with Crippen molar-refractivity contribution in [2.75, 3.05) is 37.3 Å². The van der Waals surface area contributed by atoms with Crippen LogP contribution in [0, 0.1) is 5.92 Å². The molecule has 0 aliphatic carbocycles. The number of nitrogens with one attached hydrogen (secondary N) is 3. The van der Waals surface area contributed by atoms with Gasteiger partial charge in [0.1, 0.15) is 0 Å². The van der Waals surface area contributed by atoms with Crippen LogP contribution in [0.5, 0.6) is 0 Å². The van der Waals surface area contributed by atoms with Crippen LogP contribution in [0.4, 0.5) is 11.4 Å². The lowest BCUT2D eigenvalue weighted by Crippen LogP contribution is -2.46. The van der Waals surface area contributed by atoms with E-state index in [1.165, 1.54) is 0 Å². The second-order valence-corrected chi connectivity index (χ2v) is 7.30. The molecule has 160 valence electrons. The molecule has 2 rings (SSSR count). The smallest absolute Gasteiger partial charge is 0.243 e. The predicted molar refractivity (Wildman–Crippen MR) is 120 cm³/mol. The van der Waals surface area contributed by atoms with Crippen molar-refractivity contribution in [3.8, 4) is 0 Å². The molecule has 1 aromatic rings. The average Bonchev–Trinajstić information content (AvgIpc) is 2.62. The van der Waals surface area contributed by atoms with Crippen molar-refractivity contribution in [2.24, 2.45) is 11.7 Å². The van der Waals surface area contributed by atoms with Gasteiger partial charge < -0.3 is 26.6 Å². The SMILES string of the molecule is CC(C)[C@H](N)C(=O)NCC(=O)Nc1ccccc1NC1CCN(C)CC1.Cl.Cl. The molecule has 0 bridgehead atoms. The fourth-order valence-corrected chi connectivity index (χ4v) is 2.87. The number of carbonyl (C=O) groups excluding carboxylic acids is 2. The molecular formula is C19H33Cl2N5O2. The molecule has 5 N–H and O–H groups in total. The Balaban J connectivity index is 0.00000364. The van der Waals surface area contributed by atoms with Gasteiger partial charge in [0.25, 0.3) is 0 Å². The highest BCUT2D eigenvalue weighted by Crippen LogP contribution is 2.24. The van der Waals surface area contributed by atoms with Gasteiger partial charge in [-0.3, -0.25) is 9.59 Å². The maximum absolute atomic E-state index is 12.2. The van der Waals surface area contributed by atoms with Crippen LogP contribution in [0.2, 0.25) is 0 Å². The highest BCUT2D eigenvalue weighted by molar-refractivity contribution is 5.97. The molecular weight excluding hydrogens is 401 g/mol. The molecule has 1 fully saturated rings. The minimum absolute atomic E-state index is 0. The third-order valence-corrected chi connectivity index (χ3v) is 4.72. The van der Waals surface area contributed by atoms with Gasteiger partial charge in [0.15, 0.2) is 0 Å². The topological polar surface area (TPSA) is 99.5 Å². The van der Waals surface area contributed by atoms with Crippen molar-refractivity contribution < 1.29 is 9.59 Å². The Morgan fingerprint density at radius 1 is 1.14 bits per heavy atom. The van der Waals surface area contributed by atoms with E-state index in [4.69, 9.17) is 5.73 Å². The summed E-state index contributed by atoms with van der Waals surface area (Å²) in [4.78, 5) is 26.4. The van der Waals surface area contributed by atoms with Gasteiger partial charge in [-0.1, -0.05) is 26.0 Å². The summed E-state index contributed by atoms with van der Waals surface area (Å²) in [6.07, 6.45) is 2.14. The largest absolute Gasteiger partial charge is 0.381 e. The molecule has 0 radical (unpaired) electrons. The van der Waals surface area contributed by atoms with E-state index in [2.05, 4.69) is 27.9 Å². The molecule has 1 atom stereocenters. The monoisotopic (exact) mass is 433 g/mol. The minimum atomic E-state index is -0.610. The van der Waals surface area contributed by atoms with Crippen LogP contribution >= 0.6 is 24.8 Å². The van der Waals surface area contributed by atoms with E-state index in [0.717, 1.165) is 37.3 Å². The van der Waals surface area contributed by atoms with Gasteiger partial charge >= 0.3 is 0 Å². The van der Waals surface area contributed by atoms with Gasteiger partial charge in [-0.05, 0) is 51.0 Å². The molecule has 0 spiro atoms. The van der Waals surface area contributed by atoms with Gasteiger partial charge in [0, 0.05) is 6.04 Å². The van der Waals surface area contributed by atoms with Crippen molar-refractivity contribution in [1.82, 2.24) is 10.2 Å². The second-order valence-electron chi connectivity index (χ2n) is 7.30. The van der Waals surface area contributed by atoms with Crippen molar-refractivity contribution in [1.29, 1.82) is 0 Å². The number of carbonyl (C=O) groups is 2. The highest BCUT2D eigenvalue weighted by Gasteiger charge is 2.19. The summed E-state index contributed by atoms with van der Waals surface area (Å²) in [7, 11) is 2.13. The minimum Gasteiger partial charge on any atom is -0.381 e. The lowest BCUT2D eigenvalue weighted by molar-refractivity contribution is -0.125. The number of hydrogen-bond acceptors (Lipinski definition) is 5. The predicted octanol–water partition coefficient (Wildman–Crippen LogP) is 2.07. The Bertz CT molecular complexity index is 622. The van der Waals surface area contributed by atoms with Gasteiger partial charge in [0.05, 0.1) is 24.0 Å². The standard InChI is InChI=1S/C19H31N5O2.2ClH/c1-13(2)18(20)19(26)21-12-17(25)23-16-7-5-4-6-15(16)22-14-8-10-24(3)11-9-14;;/h4-7,13-14,18,22H,8-12,20H2,1-3H3,(H,21,26)(H,23,25);2*1H/t18-;;/m0../s1. The normalized spacial score (nSPS) is 15.8. The summed E-state index contributed by atoms with van der Waals surface area (Å²) in [5.41, 5.74) is 7.40. The Morgan fingerprint density at radius 2 is 1.71 bits per heavy atom. The Morgan fingerprint density at radius 3 is 2.29 bits per heavy atom. The highest BCUT2D eigenvalue weighted by atomic mass is 35.5. The van der Waals surface area contributed by atoms with Crippen LogP contribution in [0.3, 0.4) is 0 Å². The van der Waals surface area contributed by atoms with Gasteiger partial charge in [-0.2, -0.15) is 0 Å². The number of piperidine rings is 1. The number of rotatable bonds is 7. The fourth-order valence-electron chi connectivity index (χ4n) is 2.87. The Labute approximate surface area is 180 Å². The molecule has 0 saturated carbocycles. The van der Waals surface area contributed by atoms with Gasteiger partial charge in [-0.15, -0.1) is 24.8 Å². The zero-order valence-corrected chi connectivity index (χ0v) is 18.4. The van der Waals surface area contributed by atoms with Gasteiger partial charge in [-0.25, -0.2) is 0 Å². The molecule has 7 nitrogen and oxygen atoms in total. The van der Waals surface area contributed by atoms with E-state index in [1.54, 1.807) is 0 Å². The Kier molecular flexibility index (Phi) is 12.1. The van der Waals surface area contributed by atoms with Crippen LogP contribution in [0.15, 0.2) is 24.3 Å². The number of benzene rings is 1. The maximum Gasteiger partial charge on any atom is 0.243 e. The number of para-hydroxylation sites is 2. The van der Waals surface area contributed by atoms with E-state index in [1.807, 2.05) is 38.1 Å². The zero-order chi connectivity index (χ0) is 19.1. The Hall–Kier alpha value is -1.54. The van der Waals surface area contributed by atoms with E-state index >= 15 is 0 Å². The quantitative estimate of drug-likeness (QED) is 0.527. The van der Waals surface area contributed by atoms with Crippen LogP contribution in [0.1, 0.15) is 26.7 Å². The molecule has 1 aromatic carbocycles. The third-order valence-electron chi connectivity index (χ3n) is 4.72. The molecule has 2 amide bonds. The van der Waals surface area contributed by atoms with E-state index in [0.29, 0.717) is 6.04 Å². The van der Waals surface area contributed by atoms with E-state index in [-0.39, 0.29) is 49.1 Å². The molecule has 1 heterocycles.